The molecule has 0 aliphatic carbocycles. The minimum absolute atomic E-state index is 0.0652. The number of ether oxygens (including phenoxy) is 1. The van der Waals surface area contributed by atoms with E-state index in [1.54, 1.807) is 36.4 Å². The summed E-state index contributed by atoms with van der Waals surface area (Å²) in [7, 11) is 0. The van der Waals surface area contributed by atoms with Crippen molar-refractivity contribution in [3.63, 3.8) is 0 Å². The van der Waals surface area contributed by atoms with Gasteiger partial charge in [-0.15, -0.1) is 11.8 Å². The monoisotopic (exact) mass is 446 g/mol. The molecule has 0 spiro atoms. The SMILES string of the molecule is O=C(CSc1cccc2cccc(Cl)c12)OC(C(=O)c1ccccc1)c1ccccc1. The molecule has 3 nitrogen and oxygen atoms in total. The third-order valence-corrected chi connectivity index (χ3v) is 6.16. The summed E-state index contributed by atoms with van der Waals surface area (Å²) in [5.41, 5.74) is 1.14. The van der Waals surface area contributed by atoms with Crippen molar-refractivity contribution in [3.8, 4) is 0 Å². The molecule has 1 atom stereocenters. The van der Waals surface area contributed by atoms with Crippen LogP contribution in [0.5, 0.6) is 0 Å². The van der Waals surface area contributed by atoms with Crippen LogP contribution in [0, 0.1) is 0 Å². The number of hydrogen-bond acceptors (Lipinski definition) is 4. The van der Waals surface area contributed by atoms with Gasteiger partial charge in [-0.3, -0.25) is 9.59 Å². The number of halogens is 1. The molecule has 4 aromatic rings. The highest BCUT2D eigenvalue weighted by Gasteiger charge is 2.26. The lowest BCUT2D eigenvalue weighted by molar-refractivity contribution is -0.144. The highest BCUT2D eigenvalue weighted by molar-refractivity contribution is 8.00. The van der Waals surface area contributed by atoms with E-state index in [9.17, 15) is 9.59 Å². The van der Waals surface area contributed by atoms with Gasteiger partial charge < -0.3 is 4.74 Å². The highest BCUT2D eigenvalue weighted by Crippen LogP contribution is 2.33. The van der Waals surface area contributed by atoms with Gasteiger partial charge in [0.05, 0.1) is 5.75 Å². The second kappa shape index (κ2) is 9.82. The fraction of sp³-hybridized carbons (Fsp3) is 0.0769. The normalized spacial score (nSPS) is 11.8. The third kappa shape index (κ3) is 4.98. The van der Waals surface area contributed by atoms with E-state index in [2.05, 4.69) is 0 Å². The maximum atomic E-state index is 13.1. The van der Waals surface area contributed by atoms with Crippen molar-refractivity contribution in [2.24, 2.45) is 0 Å². The average molecular weight is 447 g/mol. The number of fused-ring (bicyclic) bond motifs is 1. The van der Waals surface area contributed by atoms with Crippen LogP contribution in [0.15, 0.2) is 102 Å². The van der Waals surface area contributed by atoms with Crippen LogP contribution < -0.4 is 0 Å². The molecule has 0 amide bonds. The van der Waals surface area contributed by atoms with Crippen molar-refractivity contribution in [3.05, 3.63) is 113 Å². The lowest BCUT2D eigenvalue weighted by atomic mass is 10.00. The summed E-state index contributed by atoms with van der Waals surface area (Å²) in [6.07, 6.45) is -0.993. The molecule has 0 heterocycles. The summed E-state index contributed by atoms with van der Waals surface area (Å²) in [4.78, 5) is 26.7. The number of hydrogen-bond donors (Lipinski definition) is 0. The van der Waals surface area contributed by atoms with Crippen molar-refractivity contribution < 1.29 is 14.3 Å². The molecule has 0 fully saturated rings. The predicted octanol–water partition coefficient (Wildman–Crippen LogP) is 6.75. The van der Waals surface area contributed by atoms with E-state index >= 15 is 0 Å². The molecular weight excluding hydrogens is 428 g/mol. The van der Waals surface area contributed by atoms with E-state index in [1.165, 1.54) is 11.8 Å². The van der Waals surface area contributed by atoms with Crippen molar-refractivity contribution in [1.82, 2.24) is 0 Å². The Morgan fingerprint density at radius 1 is 0.806 bits per heavy atom. The number of thioether (sulfide) groups is 1. The van der Waals surface area contributed by atoms with Crippen molar-refractivity contribution in [1.29, 1.82) is 0 Å². The summed E-state index contributed by atoms with van der Waals surface area (Å²) in [5, 5.41) is 2.55. The molecule has 4 rings (SSSR count). The molecule has 154 valence electrons. The van der Waals surface area contributed by atoms with Gasteiger partial charge in [-0.25, -0.2) is 0 Å². The molecule has 1 unspecified atom stereocenters. The van der Waals surface area contributed by atoms with Crippen molar-refractivity contribution in [2.45, 2.75) is 11.0 Å². The number of esters is 1. The van der Waals surface area contributed by atoms with Gasteiger partial charge in [0.2, 0.25) is 5.78 Å². The summed E-state index contributed by atoms with van der Waals surface area (Å²) >= 11 is 7.72. The van der Waals surface area contributed by atoms with Gasteiger partial charge in [0, 0.05) is 26.4 Å². The molecule has 4 aromatic carbocycles. The summed E-state index contributed by atoms with van der Waals surface area (Å²) in [5.74, 6) is -0.652. The Labute approximate surface area is 190 Å². The number of rotatable bonds is 7. The fourth-order valence-corrected chi connectivity index (χ4v) is 4.57. The standard InChI is InChI=1S/C26H19ClO3S/c27-21-15-7-13-18-14-8-16-22(24(18)21)31-17-23(28)30-26(20-11-5-2-6-12-20)25(29)19-9-3-1-4-10-19/h1-16,26H,17H2. The third-order valence-electron chi connectivity index (χ3n) is 4.81. The van der Waals surface area contributed by atoms with Crippen LogP contribution in [0.3, 0.4) is 0 Å². The molecule has 0 saturated carbocycles. The zero-order chi connectivity index (χ0) is 21.6. The molecule has 0 saturated heterocycles. The maximum absolute atomic E-state index is 13.1. The van der Waals surface area contributed by atoms with Crippen molar-refractivity contribution in [2.75, 3.05) is 5.75 Å². The molecule has 31 heavy (non-hydrogen) atoms. The Kier molecular flexibility index (Phi) is 6.70. The quantitative estimate of drug-likeness (QED) is 0.179. The highest BCUT2D eigenvalue weighted by atomic mass is 35.5. The molecule has 0 aliphatic rings. The largest absolute Gasteiger partial charge is 0.448 e. The molecule has 0 N–H and O–H groups in total. The van der Waals surface area contributed by atoms with E-state index in [-0.39, 0.29) is 11.5 Å². The van der Waals surface area contributed by atoms with Crippen LogP contribution in [-0.2, 0) is 9.53 Å². The van der Waals surface area contributed by atoms with E-state index in [4.69, 9.17) is 16.3 Å². The summed E-state index contributed by atoms with van der Waals surface area (Å²) < 4.78 is 5.67. The van der Waals surface area contributed by atoms with Gasteiger partial charge >= 0.3 is 5.97 Å². The predicted molar refractivity (Wildman–Crippen MR) is 126 cm³/mol. The van der Waals surface area contributed by atoms with E-state index in [0.29, 0.717) is 16.1 Å². The smallest absolute Gasteiger partial charge is 0.317 e. The Morgan fingerprint density at radius 2 is 1.45 bits per heavy atom. The fourth-order valence-electron chi connectivity index (χ4n) is 3.34. The maximum Gasteiger partial charge on any atom is 0.317 e. The summed E-state index contributed by atoms with van der Waals surface area (Å²) in [6.45, 7) is 0. The van der Waals surface area contributed by atoms with Crippen LogP contribution in [0.2, 0.25) is 5.02 Å². The van der Waals surface area contributed by atoms with E-state index < -0.39 is 12.1 Å². The topological polar surface area (TPSA) is 43.4 Å². The Balaban J connectivity index is 1.53. The molecule has 5 heteroatoms. The van der Waals surface area contributed by atoms with Crippen LogP contribution in [0.25, 0.3) is 10.8 Å². The number of benzene rings is 4. The Hall–Kier alpha value is -3.08. The lowest BCUT2D eigenvalue weighted by Crippen LogP contribution is -2.21. The van der Waals surface area contributed by atoms with Gasteiger partial charge in [-0.1, -0.05) is 96.5 Å². The van der Waals surface area contributed by atoms with Crippen LogP contribution >= 0.6 is 23.4 Å². The Morgan fingerprint density at radius 3 is 2.16 bits per heavy atom. The first-order valence-electron chi connectivity index (χ1n) is 9.77. The second-order valence-electron chi connectivity index (χ2n) is 6.89. The summed E-state index contributed by atoms with van der Waals surface area (Å²) in [6, 6.07) is 29.5. The molecule has 0 aliphatic heterocycles. The molecule has 0 aromatic heterocycles. The first kappa shape index (κ1) is 21.2. The van der Waals surface area contributed by atoms with Gasteiger partial charge in [0.15, 0.2) is 6.10 Å². The van der Waals surface area contributed by atoms with Crippen LogP contribution in [0.4, 0.5) is 0 Å². The average Bonchev–Trinajstić information content (AvgIpc) is 2.82. The molecule has 0 bridgehead atoms. The first-order valence-corrected chi connectivity index (χ1v) is 11.1. The number of carbonyl (C=O) groups excluding carboxylic acids is 2. The Bertz CT molecular complexity index is 1200. The lowest BCUT2D eigenvalue weighted by Gasteiger charge is -2.17. The van der Waals surface area contributed by atoms with Gasteiger partial charge in [0.25, 0.3) is 0 Å². The minimum Gasteiger partial charge on any atom is -0.448 e. The zero-order valence-electron chi connectivity index (χ0n) is 16.5. The van der Waals surface area contributed by atoms with E-state index in [1.807, 2.05) is 60.7 Å². The van der Waals surface area contributed by atoms with E-state index in [0.717, 1.165) is 15.7 Å². The number of carbonyl (C=O) groups is 2. The molecular formula is C26H19ClO3S. The molecule has 0 radical (unpaired) electrons. The van der Waals surface area contributed by atoms with Crippen LogP contribution in [0.1, 0.15) is 22.0 Å². The van der Waals surface area contributed by atoms with Gasteiger partial charge in [0.1, 0.15) is 0 Å². The number of Topliss-reactive ketones (excluding diaryl/α,β-unsaturated/α-hetero) is 1. The van der Waals surface area contributed by atoms with Gasteiger partial charge in [-0.2, -0.15) is 0 Å². The first-order chi connectivity index (χ1) is 15.1. The van der Waals surface area contributed by atoms with Gasteiger partial charge in [-0.05, 0) is 17.5 Å². The minimum atomic E-state index is -0.993. The zero-order valence-corrected chi connectivity index (χ0v) is 18.1. The number of ketones is 1. The second-order valence-corrected chi connectivity index (χ2v) is 8.32. The van der Waals surface area contributed by atoms with Crippen molar-refractivity contribution >= 4 is 45.9 Å². The van der Waals surface area contributed by atoms with Crippen LogP contribution in [-0.4, -0.2) is 17.5 Å².